The highest BCUT2D eigenvalue weighted by Crippen LogP contribution is 2.42. The van der Waals surface area contributed by atoms with Crippen LogP contribution in [0.5, 0.6) is 0 Å². The lowest BCUT2D eigenvalue weighted by molar-refractivity contribution is -0.143. The van der Waals surface area contributed by atoms with Crippen LogP contribution >= 0.6 is 11.8 Å². The van der Waals surface area contributed by atoms with Gasteiger partial charge in [0.05, 0.1) is 16.4 Å². The molecule has 9 heteroatoms. The average molecular weight is 329 g/mol. The van der Waals surface area contributed by atoms with Crippen molar-refractivity contribution in [3.8, 4) is 0 Å². The Morgan fingerprint density at radius 2 is 1.48 bits per heavy atom. The number of thioether (sulfide) groups is 1. The summed E-state index contributed by atoms with van der Waals surface area (Å²) in [4.78, 5) is 11.2. The zero-order valence-corrected chi connectivity index (χ0v) is 11.3. The number of halogens is 6. The van der Waals surface area contributed by atoms with Crippen molar-refractivity contribution in [1.29, 1.82) is 0 Å². The normalized spacial score (nSPS) is 23.3. The minimum atomic E-state index is -4.89. The summed E-state index contributed by atoms with van der Waals surface area (Å²) in [6, 6.07) is 0.836. The molecule has 0 saturated carbocycles. The lowest BCUT2D eigenvalue weighted by Gasteiger charge is -2.18. The molecule has 1 heterocycles. The Balaban J connectivity index is 2.53. The van der Waals surface area contributed by atoms with Crippen LogP contribution in [0.4, 0.5) is 31.1 Å². The maximum Gasteiger partial charge on any atom is 0.416 e. The minimum Gasteiger partial charge on any atom is -0.343 e. The van der Waals surface area contributed by atoms with Gasteiger partial charge in [0.15, 0.2) is 0 Å². The predicted molar refractivity (Wildman–Crippen MR) is 64.8 cm³/mol. The van der Waals surface area contributed by atoms with E-state index in [9.17, 15) is 31.1 Å². The molecule has 0 aliphatic carbocycles. The third-order valence-electron chi connectivity index (χ3n) is 2.97. The van der Waals surface area contributed by atoms with E-state index in [1.54, 1.807) is 0 Å². The van der Waals surface area contributed by atoms with Gasteiger partial charge in [-0.05, 0) is 30.7 Å². The summed E-state index contributed by atoms with van der Waals surface area (Å²) >= 11 is 0.681. The predicted octanol–water partition coefficient (Wildman–Crippen LogP) is 4.61. The van der Waals surface area contributed by atoms with Gasteiger partial charge >= 0.3 is 12.4 Å². The Hall–Kier alpha value is -1.38. The number of nitrogens with one attached hydrogen (secondary N) is 1. The van der Waals surface area contributed by atoms with Crippen LogP contribution in [0.15, 0.2) is 18.2 Å². The maximum atomic E-state index is 12.7. The molecule has 116 valence electrons. The van der Waals surface area contributed by atoms with Gasteiger partial charge in [-0.2, -0.15) is 26.3 Å². The van der Waals surface area contributed by atoms with Crippen LogP contribution in [-0.2, 0) is 12.4 Å². The number of alkyl halides is 6. The molecule has 1 aromatic carbocycles. The van der Waals surface area contributed by atoms with Crippen molar-refractivity contribution in [3.05, 3.63) is 34.9 Å². The van der Waals surface area contributed by atoms with Crippen LogP contribution in [0.1, 0.15) is 28.9 Å². The van der Waals surface area contributed by atoms with Gasteiger partial charge in [0, 0.05) is 6.04 Å². The first kappa shape index (κ1) is 16.0. The monoisotopic (exact) mass is 329 g/mol. The van der Waals surface area contributed by atoms with Gasteiger partial charge in [-0.25, -0.2) is 0 Å². The minimum absolute atomic E-state index is 0.0725. The zero-order chi connectivity index (χ0) is 16.0. The van der Waals surface area contributed by atoms with E-state index in [0.29, 0.717) is 23.9 Å². The van der Waals surface area contributed by atoms with Crippen molar-refractivity contribution in [2.24, 2.45) is 0 Å². The smallest absolute Gasteiger partial charge is 0.343 e. The molecule has 1 aromatic rings. The molecule has 1 fully saturated rings. The number of hydrogen-bond acceptors (Lipinski definition) is 2. The van der Waals surface area contributed by atoms with E-state index in [4.69, 9.17) is 0 Å². The first-order valence-corrected chi connectivity index (χ1v) is 6.63. The van der Waals surface area contributed by atoms with Crippen LogP contribution in [-0.4, -0.2) is 11.3 Å². The van der Waals surface area contributed by atoms with Crippen molar-refractivity contribution in [2.45, 2.75) is 30.6 Å². The lowest BCUT2D eigenvalue weighted by atomic mass is 9.99. The Morgan fingerprint density at radius 3 is 1.81 bits per heavy atom. The van der Waals surface area contributed by atoms with E-state index in [1.165, 1.54) is 6.92 Å². The highest BCUT2D eigenvalue weighted by Gasteiger charge is 2.39. The van der Waals surface area contributed by atoms with Crippen LogP contribution in [0.2, 0.25) is 0 Å². The van der Waals surface area contributed by atoms with Crippen molar-refractivity contribution in [1.82, 2.24) is 5.32 Å². The van der Waals surface area contributed by atoms with Crippen molar-refractivity contribution in [2.75, 3.05) is 0 Å². The molecule has 21 heavy (non-hydrogen) atoms. The summed E-state index contributed by atoms with van der Waals surface area (Å²) in [6.07, 6.45) is -9.78. The first-order valence-electron chi connectivity index (χ1n) is 5.75. The molecule has 1 N–H and O–H groups in total. The fourth-order valence-electron chi connectivity index (χ4n) is 2.01. The van der Waals surface area contributed by atoms with Gasteiger partial charge in [-0.3, -0.25) is 4.79 Å². The SMILES string of the molecule is CC1NC(=O)SC1c1cc(C(F)(F)F)cc(C(F)(F)F)c1. The summed E-state index contributed by atoms with van der Waals surface area (Å²) in [5.41, 5.74) is -2.92. The molecule has 2 nitrogen and oxygen atoms in total. The Labute approximate surface area is 119 Å². The van der Waals surface area contributed by atoms with Gasteiger partial charge in [-0.1, -0.05) is 11.8 Å². The van der Waals surface area contributed by atoms with Crippen molar-refractivity contribution >= 4 is 17.0 Å². The molecule has 0 aromatic heterocycles. The van der Waals surface area contributed by atoms with Gasteiger partial charge < -0.3 is 5.32 Å². The van der Waals surface area contributed by atoms with Crippen LogP contribution in [0, 0.1) is 0 Å². The third-order valence-corrected chi connectivity index (χ3v) is 4.24. The molecule has 1 aliphatic heterocycles. The fourth-order valence-corrected chi connectivity index (χ4v) is 3.04. The molecular weight excluding hydrogens is 320 g/mol. The van der Waals surface area contributed by atoms with Crippen molar-refractivity contribution < 1.29 is 31.1 Å². The highest BCUT2D eigenvalue weighted by molar-refractivity contribution is 8.14. The molecule has 1 saturated heterocycles. The average Bonchev–Trinajstić information content (AvgIpc) is 2.65. The molecule has 2 unspecified atom stereocenters. The van der Waals surface area contributed by atoms with E-state index >= 15 is 0 Å². The molecule has 0 radical (unpaired) electrons. The number of carbonyl (C=O) groups excluding carboxylic acids is 1. The summed E-state index contributed by atoms with van der Waals surface area (Å²) < 4.78 is 76.4. The second-order valence-corrected chi connectivity index (χ2v) is 5.71. The van der Waals surface area contributed by atoms with Gasteiger partial charge in [0.25, 0.3) is 5.24 Å². The second kappa shape index (κ2) is 5.11. The van der Waals surface area contributed by atoms with E-state index in [-0.39, 0.29) is 11.6 Å². The molecule has 2 rings (SSSR count). The standard InChI is InChI=1S/C12H9F6NOS/c1-5-9(21-10(20)19-5)6-2-7(11(13,14)15)4-8(3-6)12(16,17)18/h2-5,9H,1H3,(H,19,20). The third kappa shape index (κ3) is 3.45. The number of amides is 1. The zero-order valence-electron chi connectivity index (χ0n) is 10.5. The largest absolute Gasteiger partial charge is 0.416 e. The number of carbonyl (C=O) groups is 1. The number of benzene rings is 1. The number of hydrogen-bond donors (Lipinski definition) is 1. The molecular formula is C12H9F6NOS. The Morgan fingerprint density at radius 1 is 1.00 bits per heavy atom. The highest BCUT2D eigenvalue weighted by atomic mass is 32.2. The Bertz CT molecular complexity index is 536. The second-order valence-electron chi connectivity index (χ2n) is 4.60. The van der Waals surface area contributed by atoms with Crippen molar-refractivity contribution in [3.63, 3.8) is 0 Å². The lowest BCUT2D eigenvalue weighted by Crippen LogP contribution is -2.24. The molecule has 0 spiro atoms. The summed E-state index contributed by atoms with van der Waals surface area (Å²) in [5.74, 6) is 0. The van der Waals surface area contributed by atoms with Gasteiger partial charge in [0.1, 0.15) is 0 Å². The fraction of sp³-hybridized carbons (Fsp3) is 0.417. The van der Waals surface area contributed by atoms with E-state index < -0.39 is 40.0 Å². The summed E-state index contributed by atoms with van der Waals surface area (Å²) in [6.45, 7) is 1.52. The molecule has 1 aliphatic rings. The first-order chi connectivity index (χ1) is 9.48. The van der Waals surface area contributed by atoms with Gasteiger partial charge in [0.2, 0.25) is 0 Å². The quantitative estimate of drug-likeness (QED) is 0.762. The van der Waals surface area contributed by atoms with Crippen LogP contribution in [0.25, 0.3) is 0 Å². The molecule has 1 amide bonds. The number of rotatable bonds is 1. The van der Waals surface area contributed by atoms with Crippen LogP contribution < -0.4 is 5.32 Å². The maximum absolute atomic E-state index is 12.7. The molecule has 2 atom stereocenters. The Kier molecular flexibility index (Phi) is 3.90. The topological polar surface area (TPSA) is 29.1 Å². The summed E-state index contributed by atoms with van der Waals surface area (Å²) in [7, 11) is 0. The van der Waals surface area contributed by atoms with E-state index in [0.717, 1.165) is 0 Å². The van der Waals surface area contributed by atoms with Crippen LogP contribution in [0.3, 0.4) is 0 Å². The van der Waals surface area contributed by atoms with E-state index in [1.807, 2.05) is 0 Å². The molecule has 0 bridgehead atoms. The van der Waals surface area contributed by atoms with E-state index in [2.05, 4.69) is 5.32 Å². The van der Waals surface area contributed by atoms with Gasteiger partial charge in [-0.15, -0.1) is 0 Å². The summed E-state index contributed by atoms with van der Waals surface area (Å²) in [5, 5.41) is 1.18.